The molecule has 30 heavy (non-hydrogen) atoms. The number of hydrogen-bond acceptors (Lipinski definition) is 6. The summed E-state index contributed by atoms with van der Waals surface area (Å²) in [7, 11) is 0. The van der Waals surface area contributed by atoms with E-state index in [1.807, 2.05) is 11.6 Å². The Morgan fingerprint density at radius 3 is 3.10 bits per heavy atom. The van der Waals surface area contributed by atoms with E-state index in [1.54, 1.807) is 23.1 Å². The number of guanidine groups is 1. The van der Waals surface area contributed by atoms with Crippen LogP contribution in [0.1, 0.15) is 30.9 Å². The predicted octanol–water partition coefficient (Wildman–Crippen LogP) is 4.10. The summed E-state index contributed by atoms with van der Waals surface area (Å²) in [6.45, 7) is 8.82. The zero-order valence-corrected chi connectivity index (χ0v) is 19.5. The molecular formula is C22H32N4O2S2. The zero-order chi connectivity index (χ0) is 21.0. The Labute approximate surface area is 187 Å². The van der Waals surface area contributed by atoms with Crippen LogP contribution in [-0.4, -0.2) is 49.6 Å². The van der Waals surface area contributed by atoms with Crippen molar-refractivity contribution in [3.8, 4) is 5.75 Å². The molecule has 8 heteroatoms. The van der Waals surface area contributed by atoms with Crippen molar-refractivity contribution in [3.05, 3.63) is 40.9 Å². The molecule has 0 aliphatic carbocycles. The largest absolute Gasteiger partial charge is 0.493 e. The molecule has 3 rings (SSSR count). The summed E-state index contributed by atoms with van der Waals surface area (Å²) in [5.74, 6) is 3.30. The summed E-state index contributed by atoms with van der Waals surface area (Å²) in [5, 5.41) is 8.77. The predicted molar refractivity (Wildman–Crippen MR) is 126 cm³/mol. The first-order valence-corrected chi connectivity index (χ1v) is 12.5. The van der Waals surface area contributed by atoms with Crippen LogP contribution >= 0.6 is 23.1 Å². The highest BCUT2D eigenvalue weighted by Crippen LogP contribution is 2.23. The number of nitrogens with zero attached hydrogens (tertiary/aromatic N) is 2. The van der Waals surface area contributed by atoms with Gasteiger partial charge >= 0.3 is 0 Å². The number of aromatic nitrogens is 1. The second-order valence-electron chi connectivity index (χ2n) is 7.27. The average molecular weight is 449 g/mol. The Kier molecular flexibility index (Phi) is 9.79. The molecule has 2 heterocycles. The number of aliphatic imine (C=N–C) groups is 1. The van der Waals surface area contributed by atoms with Crippen LogP contribution in [0.4, 0.5) is 0 Å². The number of thioether (sulfide) groups is 1. The van der Waals surface area contributed by atoms with Gasteiger partial charge in [0.15, 0.2) is 5.96 Å². The van der Waals surface area contributed by atoms with Gasteiger partial charge in [0.2, 0.25) is 0 Å². The monoisotopic (exact) mass is 448 g/mol. The van der Waals surface area contributed by atoms with E-state index in [0.717, 1.165) is 66.5 Å². The Hall–Kier alpha value is -1.77. The van der Waals surface area contributed by atoms with Gasteiger partial charge in [0.1, 0.15) is 10.1 Å². The molecule has 0 bridgehead atoms. The van der Waals surface area contributed by atoms with Gasteiger partial charge in [-0.15, -0.1) is 11.3 Å². The number of nitrogens with one attached hydrogen (secondary N) is 2. The molecule has 1 aromatic carbocycles. The average Bonchev–Trinajstić information content (AvgIpc) is 3.45. The van der Waals surface area contributed by atoms with Crippen LogP contribution in [-0.2, 0) is 11.3 Å². The number of thiazole rings is 1. The third-order valence-corrected chi connectivity index (χ3v) is 6.77. The molecule has 1 atom stereocenters. The Morgan fingerprint density at radius 2 is 2.33 bits per heavy atom. The Bertz CT molecular complexity index is 777. The van der Waals surface area contributed by atoms with Gasteiger partial charge in [-0.25, -0.2) is 9.98 Å². The Balaban J connectivity index is 1.49. The quantitative estimate of drug-likeness (QED) is 0.233. The highest BCUT2D eigenvalue weighted by Gasteiger charge is 2.17. The van der Waals surface area contributed by atoms with Crippen LogP contribution in [0, 0.1) is 12.8 Å². The molecule has 1 unspecified atom stereocenters. The lowest BCUT2D eigenvalue weighted by molar-refractivity contribution is 0.166. The second kappa shape index (κ2) is 12.8. The van der Waals surface area contributed by atoms with Crippen molar-refractivity contribution in [3.63, 3.8) is 0 Å². The third-order valence-electron chi connectivity index (χ3n) is 4.72. The molecule has 2 N–H and O–H groups in total. The zero-order valence-electron chi connectivity index (χ0n) is 17.9. The van der Waals surface area contributed by atoms with E-state index in [-0.39, 0.29) is 0 Å². The van der Waals surface area contributed by atoms with E-state index >= 15 is 0 Å². The summed E-state index contributed by atoms with van der Waals surface area (Å²) in [4.78, 5) is 9.08. The Morgan fingerprint density at radius 1 is 1.40 bits per heavy atom. The molecular weight excluding hydrogens is 416 g/mol. The first kappa shape index (κ1) is 22.9. The van der Waals surface area contributed by atoms with Gasteiger partial charge < -0.3 is 20.1 Å². The van der Waals surface area contributed by atoms with Crippen LogP contribution in [0.5, 0.6) is 5.75 Å². The van der Waals surface area contributed by atoms with E-state index in [0.29, 0.717) is 19.1 Å². The van der Waals surface area contributed by atoms with E-state index in [9.17, 15) is 0 Å². The molecule has 0 spiro atoms. The van der Waals surface area contributed by atoms with Gasteiger partial charge in [0, 0.05) is 48.5 Å². The third kappa shape index (κ3) is 7.81. The molecule has 6 nitrogen and oxygen atoms in total. The molecule has 164 valence electrons. The number of aryl methyl sites for hydroxylation is 1. The first-order chi connectivity index (χ1) is 14.7. The van der Waals surface area contributed by atoms with E-state index in [1.165, 1.54) is 5.56 Å². The van der Waals surface area contributed by atoms with Crippen molar-refractivity contribution in [1.29, 1.82) is 0 Å². The van der Waals surface area contributed by atoms with Gasteiger partial charge in [0.05, 0.1) is 19.8 Å². The fourth-order valence-electron chi connectivity index (χ4n) is 3.08. The molecule has 2 aromatic rings. The molecule has 1 fully saturated rings. The maximum atomic E-state index is 6.14. The van der Waals surface area contributed by atoms with Crippen molar-refractivity contribution < 1.29 is 9.47 Å². The molecule has 1 saturated heterocycles. The molecule has 0 radical (unpaired) electrons. The van der Waals surface area contributed by atoms with Crippen molar-refractivity contribution >= 4 is 29.1 Å². The topological polar surface area (TPSA) is 67.8 Å². The summed E-state index contributed by atoms with van der Waals surface area (Å²) < 4.78 is 12.7. The van der Waals surface area contributed by atoms with Crippen molar-refractivity contribution in [2.24, 2.45) is 10.9 Å². The standard InChI is InChI=1S/C22H32N4O2S2/c1-3-23-21(24-8-4-11-29-22-25-9-12-30-22)26-14-19-6-5-17(2)13-20(19)28-16-18-7-10-27-15-18/h5-6,9,12-13,18H,3-4,7-8,10-11,14-16H2,1-2H3,(H2,23,24,26). The molecule has 0 saturated carbocycles. The van der Waals surface area contributed by atoms with Crippen LogP contribution in [0.25, 0.3) is 0 Å². The fraction of sp³-hybridized carbons (Fsp3) is 0.545. The smallest absolute Gasteiger partial charge is 0.191 e. The van der Waals surface area contributed by atoms with E-state index in [2.05, 4.69) is 47.7 Å². The fourth-order valence-corrected chi connectivity index (χ4v) is 4.72. The highest BCUT2D eigenvalue weighted by atomic mass is 32.2. The summed E-state index contributed by atoms with van der Waals surface area (Å²) in [6, 6.07) is 6.34. The molecule has 0 amide bonds. The van der Waals surface area contributed by atoms with Crippen molar-refractivity contribution in [2.45, 2.75) is 37.6 Å². The lowest BCUT2D eigenvalue weighted by Gasteiger charge is -2.15. The van der Waals surface area contributed by atoms with Crippen LogP contribution in [0.2, 0.25) is 0 Å². The van der Waals surface area contributed by atoms with E-state index in [4.69, 9.17) is 14.5 Å². The highest BCUT2D eigenvalue weighted by molar-refractivity contribution is 8.00. The SMILES string of the molecule is CCNC(=NCc1ccc(C)cc1OCC1CCOC1)NCCCSc1nccs1. The van der Waals surface area contributed by atoms with Crippen LogP contribution < -0.4 is 15.4 Å². The maximum absolute atomic E-state index is 6.14. The summed E-state index contributed by atoms with van der Waals surface area (Å²) in [6.07, 6.45) is 3.98. The summed E-state index contributed by atoms with van der Waals surface area (Å²) in [5.41, 5.74) is 2.30. The number of ether oxygens (including phenoxy) is 2. The second-order valence-corrected chi connectivity index (χ2v) is 9.51. The number of rotatable bonds is 11. The van der Waals surface area contributed by atoms with Gasteiger partial charge in [-0.2, -0.15) is 0 Å². The van der Waals surface area contributed by atoms with E-state index < -0.39 is 0 Å². The summed E-state index contributed by atoms with van der Waals surface area (Å²) >= 11 is 3.49. The maximum Gasteiger partial charge on any atom is 0.191 e. The van der Waals surface area contributed by atoms with Gasteiger partial charge in [-0.3, -0.25) is 0 Å². The number of hydrogen-bond donors (Lipinski definition) is 2. The molecule has 1 aliphatic heterocycles. The van der Waals surface area contributed by atoms with Crippen LogP contribution in [0.3, 0.4) is 0 Å². The lowest BCUT2D eigenvalue weighted by atomic mass is 10.1. The van der Waals surface area contributed by atoms with Gasteiger partial charge in [-0.05, 0) is 38.3 Å². The van der Waals surface area contributed by atoms with Crippen molar-refractivity contribution in [2.75, 3.05) is 38.7 Å². The first-order valence-electron chi connectivity index (χ1n) is 10.6. The minimum atomic E-state index is 0.489. The van der Waals surface area contributed by atoms with Gasteiger partial charge in [-0.1, -0.05) is 23.9 Å². The normalized spacial score (nSPS) is 16.6. The minimum Gasteiger partial charge on any atom is -0.493 e. The van der Waals surface area contributed by atoms with Crippen LogP contribution in [0.15, 0.2) is 39.1 Å². The molecule has 1 aliphatic rings. The van der Waals surface area contributed by atoms with Gasteiger partial charge in [0.25, 0.3) is 0 Å². The van der Waals surface area contributed by atoms with Crippen molar-refractivity contribution in [1.82, 2.24) is 15.6 Å². The number of benzene rings is 1. The molecule has 1 aromatic heterocycles. The minimum absolute atomic E-state index is 0.489. The lowest BCUT2D eigenvalue weighted by Crippen LogP contribution is -2.37.